The van der Waals surface area contributed by atoms with Crippen molar-refractivity contribution in [3.63, 3.8) is 0 Å². The van der Waals surface area contributed by atoms with Gasteiger partial charge >= 0.3 is 0 Å². The topological polar surface area (TPSA) is 45.7 Å². The summed E-state index contributed by atoms with van der Waals surface area (Å²) in [6.07, 6.45) is 5.14. The fraction of sp³-hybridized carbons (Fsp3) is 0.588. The van der Waals surface area contributed by atoms with E-state index in [-0.39, 0.29) is 30.1 Å². The van der Waals surface area contributed by atoms with E-state index in [1.165, 1.54) is 31.2 Å². The molecule has 0 spiro atoms. The molecule has 1 aromatic carbocycles. The summed E-state index contributed by atoms with van der Waals surface area (Å²) in [5, 5.41) is 6.85. The number of benzene rings is 1. The molecule has 4 nitrogen and oxygen atoms in total. The van der Waals surface area contributed by atoms with Gasteiger partial charge in [0.15, 0.2) is 5.96 Å². The van der Waals surface area contributed by atoms with Crippen molar-refractivity contribution in [2.45, 2.75) is 44.8 Å². The molecule has 2 rings (SSSR count). The first-order valence-electron chi connectivity index (χ1n) is 7.96. The lowest BCUT2D eigenvalue weighted by molar-refractivity contribution is 0.111. The molecule has 1 atom stereocenters. The Labute approximate surface area is 151 Å². The van der Waals surface area contributed by atoms with Gasteiger partial charge in [0.2, 0.25) is 0 Å². The van der Waals surface area contributed by atoms with Crippen molar-refractivity contribution < 1.29 is 4.74 Å². The van der Waals surface area contributed by atoms with E-state index in [1.54, 1.807) is 7.11 Å². The highest BCUT2D eigenvalue weighted by Gasteiger charge is 2.16. The highest BCUT2D eigenvalue weighted by molar-refractivity contribution is 14.0. The molecular formula is C17H28IN3O. The standard InChI is InChI=1S/C17H27N3O.HI/c1-3-18-17(20-15-11-7-8-12-15)19-13-16(21-2)14-9-5-4-6-10-14;/h4-6,9-10,15-16H,3,7-8,11-13H2,1-2H3,(H2,18,19,20);1H. The van der Waals surface area contributed by atoms with E-state index < -0.39 is 0 Å². The molecule has 1 aromatic rings. The highest BCUT2D eigenvalue weighted by atomic mass is 127. The molecule has 1 saturated carbocycles. The zero-order valence-corrected chi connectivity index (χ0v) is 15.9. The summed E-state index contributed by atoms with van der Waals surface area (Å²) in [4.78, 5) is 4.69. The minimum Gasteiger partial charge on any atom is -0.375 e. The number of guanidine groups is 1. The molecule has 0 saturated heterocycles. The molecule has 5 heteroatoms. The molecule has 1 unspecified atom stereocenters. The Kier molecular flexibility index (Phi) is 9.47. The first-order chi connectivity index (χ1) is 10.3. The number of rotatable bonds is 6. The van der Waals surface area contributed by atoms with Crippen LogP contribution in [0.15, 0.2) is 35.3 Å². The number of ether oxygens (including phenoxy) is 1. The molecule has 0 aliphatic heterocycles. The van der Waals surface area contributed by atoms with Gasteiger partial charge in [-0.1, -0.05) is 43.2 Å². The van der Waals surface area contributed by atoms with E-state index in [2.05, 4.69) is 29.7 Å². The van der Waals surface area contributed by atoms with Gasteiger partial charge < -0.3 is 15.4 Å². The molecule has 22 heavy (non-hydrogen) atoms. The lowest BCUT2D eigenvalue weighted by atomic mass is 10.1. The Hall–Kier alpha value is -0.820. The lowest BCUT2D eigenvalue weighted by Gasteiger charge is -2.18. The minimum atomic E-state index is 0. The van der Waals surface area contributed by atoms with Crippen molar-refractivity contribution in [1.29, 1.82) is 0 Å². The van der Waals surface area contributed by atoms with E-state index in [4.69, 9.17) is 9.73 Å². The average Bonchev–Trinajstić information content (AvgIpc) is 3.02. The van der Waals surface area contributed by atoms with Crippen LogP contribution in [-0.4, -0.2) is 32.2 Å². The molecule has 124 valence electrons. The van der Waals surface area contributed by atoms with Gasteiger partial charge in [-0.25, -0.2) is 0 Å². The number of methoxy groups -OCH3 is 1. The van der Waals surface area contributed by atoms with Gasteiger partial charge in [-0.2, -0.15) is 0 Å². The van der Waals surface area contributed by atoms with Crippen molar-refractivity contribution >= 4 is 29.9 Å². The first kappa shape index (κ1) is 19.2. The molecule has 0 radical (unpaired) electrons. The van der Waals surface area contributed by atoms with Crippen molar-refractivity contribution in [1.82, 2.24) is 10.6 Å². The fourth-order valence-corrected chi connectivity index (χ4v) is 2.74. The largest absolute Gasteiger partial charge is 0.375 e. The molecule has 1 fully saturated rings. The summed E-state index contributed by atoms with van der Waals surface area (Å²) in [6.45, 7) is 3.60. The van der Waals surface area contributed by atoms with E-state index in [1.807, 2.05) is 18.2 Å². The molecule has 2 N–H and O–H groups in total. The molecular weight excluding hydrogens is 389 g/mol. The predicted molar refractivity (Wildman–Crippen MR) is 103 cm³/mol. The Bertz CT molecular complexity index is 433. The van der Waals surface area contributed by atoms with Crippen LogP contribution in [0, 0.1) is 0 Å². The van der Waals surface area contributed by atoms with Gasteiger partial charge in [-0.3, -0.25) is 4.99 Å². The molecule has 0 bridgehead atoms. The van der Waals surface area contributed by atoms with Crippen LogP contribution in [0.2, 0.25) is 0 Å². The zero-order chi connectivity index (χ0) is 14.9. The monoisotopic (exact) mass is 417 g/mol. The van der Waals surface area contributed by atoms with Crippen LogP contribution in [-0.2, 0) is 4.74 Å². The fourth-order valence-electron chi connectivity index (χ4n) is 2.74. The third kappa shape index (κ3) is 6.12. The Morgan fingerprint density at radius 1 is 1.27 bits per heavy atom. The van der Waals surface area contributed by atoms with Crippen LogP contribution in [0.4, 0.5) is 0 Å². The third-order valence-electron chi connectivity index (χ3n) is 3.91. The molecule has 1 aliphatic carbocycles. The van der Waals surface area contributed by atoms with E-state index in [0.717, 1.165) is 12.5 Å². The van der Waals surface area contributed by atoms with Crippen LogP contribution in [0.25, 0.3) is 0 Å². The normalized spacial score (nSPS) is 16.9. The SMILES string of the molecule is CCNC(=NCC(OC)c1ccccc1)NC1CCCC1.I. The van der Waals surface area contributed by atoms with Crippen LogP contribution >= 0.6 is 24.0 Å². The van der Waals surface area contributed by atoms with Gasteiger partial charge in [-0.15, -0.1) is 24.0 Å². The van der Waals surface area contributed by atoms with Crippen molar-refractivity contribution in [3.8, 4) is 0 Å². The smallest absolute Gasteiger partial charge is 0.191 e. The quantitative estimate of drug-likeness (QED) is 0.423. The second-order valence-electron chi connectivity index (χ2n) is 5.48. The van der Waals surface area contributed by atoms with Crippen molar-refractivity contribution in [2.24, 2.45) is 4.99 Å². The minimum absolute atomic E-state index is 0. The molecule has 0 amide bonds. The summed E-state index contributed by atoms with van der Waals surface area (Å²) >= 11 is 0. The number of hydrogen-bond donors (Lipinski definition) is 2. The number of aliphatic imine (C=N–C) groups is 1. The summed E-state index contributed by atoms with van der Waals surface area (Å²) in [5.74, 6) is 0.905. The van der Waals surface area contributed by atoms with E-state index in [9.17, 15) is 0 Å². The van der Waals surface area contributed by atoms with Gasteiger partial charge in [0, 0.05) is 19.7 Å². The first-order valence-corrected chi connectivity index (χ1v) is 7.96. The molecule has 1 aliphatic rings. The Morgan fingerprint density at radius 3 is 2.55 bits per heavy atom. The Balaban J connectivity index is 0.00000242. The Morgan fingerprint density at radius 2 is 1.95 bits per heavy atom. The zero-order valence-electron chi connectivity index (χ0n) is 13.5. The van der Waals surface area contributed by atoms with Crippen LogP contribution < -0.4 is 10.6 Å². The average molecular weight is 417 g/mol. The van der Waals surface area contributed by atoms with Crippen molar-refractivity contribution in [2.75, 3.05) is 20.2 Å². The second-order valence-corrected chi connectivity index (χ2v) is 5.48. The van der Waals surface area contributed by atoms with Gasteiger partial charge in [0.1, 0.15) is 6.10 Å². The van der Waals surface area contributed by atoms with Gasteiger partial charge in [0.05, 0.1) is 6.54 Å². The number of nitrogens with zero attached hydrogens (tertiary/aromatic N) is 1. The predicted octanol–water partition coefficient (Wildman–Crippen LogP) is 3.49. The third-order valence-corrected chi connectivity index (χ3v) is 3.91. The van der Waals surface area contributed by atoms with Crippen LogP contribution in [0.1, 0.15) is 44.3 Å². The van der Waals surface area contributed by atoms with Crippen LogP contribution in [0.5, 0.6) is 0 Å². The van der Waals surface area contributed by atoms with E-state index >= 15 is 0 Å². The van der Waals surface area contributed by atoms with Gasteiger partial charge in [0.25, 0.3) is 0 Å². The highest BCUT2D eigenvalue weighted by Crippen LogP contribution is 2.18. The van der Waals surface area contributed by atoms with E-state index in [0.29, 0.717) is 12.6 Å². The number of hydrogen-bond acceptors (Lipinski definition) is 2. The van der Waals surface area contributed by atoms with Crippen LogP contribution in [0.3, 0.4) is 0 Å². The summed E-state index contributed by atoms with van der Waals surface area (Å²) in [6, 6.07) is 10.8. The lowest BCUT2D eigenvalue weighted by Crippen LogP contribution is -2.42. The maximum absolute atomic E-state index is 5.57. The summed E-state index contributed by atoms with van der Waals surface area (Å²) < 4.78 is 5.57. The maximum atomic E-state index is 5.57. The van der Waals surface area contributed by atoms with Gasteiger partial charge in [-0.05, 0) is 25.3 Å². The number of nitrogens with one attached hydrogen (secondary N) is 2. The maximum Gasteiger partial charge on any atom is 0.191 e. The summed E-state index contributed by atoms with van der Waals surface area (Å²) in [5.41, 5.74) is 1.17. The second kappa shape index (κ2) is 10.8. The molecule has 0 heterocycles. The number of halogens is 1. The molecule has 0 aromatic heterocycles. The van der Waals surface area contributed by atoms with Crippen molar-refractivity contribution in [3.05, 3.63) is 35.9 Å². The summed E-state index contributed by atoms with van der Waals surface area (Å²) in [7, 11) is 1.74.